The number of carbonyl (C=O) groups excluding carboxylic acids is 1. The van der Waals surface area contributed by atoms with Crippen LogP contribution in [0.15, 0.2) is 55.0 Å². The Morgan fingerprint density at radius 1 is 1.21 bits per heavy atom. The first-order valence-electron chi connectivity index (χ1n) is 9.65. The third kappa shape index (κ3) is 4.39. The van der Waals surface area contributed by atoms with Crippen molar-refractivity contribution in [1.82, 2.24) is 19.9 Å². The molecule has 29 heavy (non-hydrogen) atoms. The summed E-state index contributed by atoms with van der Waals surface area (Å²) in [5.74, 6) is 1.94. The van der Waals surface area contributed by atoms with Gasteiger partial charge in [0.1, 0.15) is 11.3 Å². The Kier molecular flexibility index (Phi) is 5.20. The second-order valence-electron chi connectivity index (χ2n) is 7.58. The number of para-hydroxylation sites is 1. The van der Waals surface area contributed by atoms with E-state index in [2.05, 4.69) is 15.3 Å². The Bertz CT molecular complexity index is 998. The van der Waals surface area contributed by atoms with Gasteiger partial charge in [-0.3, -0.25) is 9.78 Å². The fraction of sp³-hybridized carbons (Fsp3) is 0.318. The summed E-state index contributed by atoms with van der Waals surface area (Å²) in [5, 5.41) is 2.88. The smallest absolute Gasteiger partial charge is 0.258 e. The number of carbonyl (C=O) groups is 1. The number of amides is 1. The van der Waals surface area contributed by atoms with E-state index < -0.39 is 0 Å². The summed E-state index contributed by atoms with van der Waals surface area (Å²) in [6, 6.07) is 11.5. The Hall–Kier alpha value is -3.35. The van der Waals surface area contributed by atoms with Crippen LogP contribution in [-0.4, -0.2) is 39.2 Å². The number of pyridine rings is 1. The van der Waals surface area contributed by atoms with Crippen LogP contribution in [0.2, 0.25) is 0 Å². The zero-order chi connectivity index (χ0) is 20.3. The average molecular weight is 392 g/mol. The average Bonchev–Trinajstić information content (AvgIpc) is 3.29. The second kappa shape index (κ2) is 7.95. The number of hydrogen-bond donors (Lipinski definition) is 1. The molecule has 0 saturated heterocycles. The van der Waals surface area contributed by atoms with Crippen LogP contribution in [0.4, 0.5) is 0 Å². The minimum Gasteiger partial charge on any atom is -0.483 e. The van der Waals surface area contributed by atoms with Crippen molar-refractivity contribution in [2.24, 2.45) is 0 Å². The van der Waals surface area contributed by atoms with Crippen LogP contribution in [0, 0.1) is 0 Å². The Labute approximate surface area is 169 Å². The maximum atomic E-state index is 12.2. The van der Waals surface area contributed by atoms with Crippen LogP contribution >= 0.6 is 0 Å². The van der Waals surface area contributed by atoms with Crippen molar-refractivity contribution in [2.75, 3.05) is 13.2 Å². The van der Waals surface area contributed by atoms with E-state index in [-0.39, 0.29) is 18.1 Å². The van der Waals surface area contributed by atoms with Gasteiger partial charge in [-0.2, -0.15) is 0 Å². The highest BCUT2D eigenvalue weighted by Gasteiger charge is 2.32. The molecule has 0 aliphatic carbocycles. The first-order valence-corrected chi connectivity index (χ1v) is 9.65. The number of aromatic nitrogens is 3. The third-order valence-corrected chi connectivity index (χ3v) is 4.70. The van der Waals surface area contributed by atoms with E-state index in [1.807, 2.05) is 61.0 Å². The van der Waals surface area contributed by atoms with E-state index in [1.165, 1.54) is 0 Å². The van der Waals surface area contributed by atoms with Crippen molar-refractivity contribution in [2.45, 2.75) is 32.4 Å². The normalized spacial score (nSPS) is 14.1. The first kappa shape index (κ1) is 19.0. The maximum Gasteiger partial charge on any atom is 0.258 e. The van der Waals surface area contributed by atoms with Gasteiger partial charge in [-0.25, -0.2) is 4.98 Å². The summed E-state index contributed by atoms with van der Waals surface area (Å²) >= 11 is 0. The number of fused-ring (bicyclic) bond motifs is 1. The van der Waals surface area contributed by atoms with Gasteiger partial charge in [0, 0.05) is 43.7 Å². The minimum absolute atomic E-state index is 0.0583. The highest BCUT2D eigenvalue weighted by molar-refractivity contribution is 5.77. The summed E-state index contributed by atoms with van der Waals surface area (Å²) in [6.45, 7) is 5.08. The molecule has 0 fully saturated rings. The van der Waals surface area contributed by atoms with Crippen molar-refractivity contribution in [3.05, 3.63) is 60.6 Å². The zero-order valence-electron chi connectivity index (χ0n) is 16.6. The largest absolute Gasteiger partial charge is 0.483 e. The van der Waals surface area contributed by atoms with Crippen molar-refractivity contribution in [3.8, 4) is 23.0 Å². The van der Waals surface area contributed by atoms with Crippen LogP contribution in [-0.2, 0) is 17.8 Å². The van der Waals surface area contributed by atoms with E-state index in [1.54, 1.807) is 12.4 Å². The fourth-order valence-corrected chi connectivity index (χ4v) is 3.43. The molecule has 3 heterocycles. The number of rotatable bonds is 7. The molecule has 0 unspecified atom stereocenters. The van der Waals surface area contributed by atoms with Gasteiger partial charge >= 0.3 is 0 Å². The lowest BCUT2D eigenvalue weighted by molar-refractivity contribution is -0.123. The molecule has 7 heteroatoms. The Morgan fingerprint density at radius 3 is 2.93 bits per heavy atom. The molecule has 1 amide bonds. The maximum absolute atomic E-state index is 12.2. The molecule has 1 aliphatic heterocycles. The molecule has 0 bridgehead atoms. The highest BCUT2D eigenvalue weighted by atomic mass is 16.5. The quantitative estimate of drug-likeness (QED) is 0.669. The molecule has 0 saturated carbocycles. The van der Waals surface area contributed by atoms with Crippen molar-refractivity contribution in [1.29, 1.82) is 0 Å². The van der Waals surface area contributed by atoms with Crippen molar-refractivity contribution < 1.29 is 14.3 Å². The molecule has 150 valence electrons. The van der Waals surface area contributed by atoms with Gasteiger partial charge in [0.25, 0.3) is 5.91 Å². The van der Waals surface area contributed by atoms with Gasteiger partial charge in [0.05, 0.1) is 0 Å². The van der Waals surface area contributed by atoms with Crippen LogP contribution < -0.4 is 14.8 Å². The number of nitrogens with one attached hydrogen (secondary N) is 1. The monoisotopic (exact) mass is 392 g/mol. The summed E-state index contributed by atoms with van der Waals surface area (Å²) in [5.41, 5.74) is 1.66. The summed E-state index contributed by atoms with van der Waals surface area (Å²) in [6.07, 6.45) is 6.17. The minimum atomic E-state index is -0.250. The molecular weight excluding hydrogens is 368 g/mol. The molecule has 1 aromatic carbocycles. The number of ether oxygens (including phenoxy) is 2. The van der Waals surface area contributed by atoms with Crippen LogP contribution in [0.1, 0.15) is 19.4 Å². The molecule has 4 rings (SSSR count). The molecule has 0 spiro atoms. The second-order valence-corrected chi connectivity index (χ2v) is 7.58. The molecule has 1 N–H and O–H groups in total. The van der Waals surface area contributed by atoms with Gasteiger partial charge in [-0.1, -0.05) is 18.2 Å². The van der Waals surface area contributed by atoms with Crippen molar-refractivity contribution in [3.63, 3.8) is 0 Å². The predicted molar refractivity (Wildman–Crippen MR) is 109 cm³/mol. The topological polar surface area (TPSA) is 78.3 Å². The lowest BCUT2D eigenvalue weighted by Crippen LogP contribution is -2.31. The van der Waals surface area contributed by atoms with Gasteiger partial charge in [-0.05, 0) is 32.0 Å². The summed E-state index contributed by atoms with van der Waals surface area (Å²) < 4.78 is 13.7. The number of imidazole rings is 1. The predicted octanol–water partition coefficient (Wildman–Crippen LogP) is 2.85. The van der Waals surface area contributed by atoms with Crippen LogP contribution in [0.3, 0.4) is 0 Å². The molecule has 7 nitrogen and oxygen atoms in total. The van der Waals surface area contributed by atoms with E-state index in [0.717, 1.165) is 29.3 Å². The van der Waals surface area contributed by atoms with E-state index in [4.69, 9.17) is 9.47 Å². The van der Waals surface area contributed by atoms with E-state index in [0.29, 0.717) is 18.8 Å². The van der Waals surface area contributed by atoms with E-state index in [9.17, 15) is 4.79 Å². The van der Waals surface area contributed by atoms with Gasteiger partial charge < -0.3 is 19.4 Å². The van der Waals surface area contributed by atoms with Gasteiger partial charge in [-0.15, -0.1) is 0 Å². The highest BCUT2D eigenvalue weighted by Crippen LogP contribution is 2.41. The number of benzene rings is 1. The lowest BCUT2D eigenvalue weighted by atomic mass is 10.0. The van der Waals surface area contributed by atoms with Crippen molar-refractivity contribution >= 4 is 5.91 Å². The number of hydrogen-bond acceptors (Lipinski definition) is 5. The molecule has 1 aliphatic rings. The van der Waals surface area contributed by atoms with Crippen LogP contribution in [0.5, 0.6) is 11.5 Å². The SMILES string of the molecule is CC1(C)Cc2cccc(OCC(=O)NCCn3ccnc3-c3ccccn3)c2O1. The van der Waals surface area contributed by atoms with E-state index >= 15 is 0 Å². The Morgan fingerprint density at radius 2 is 2.10 bits per heavy atom. The van der Waals surface area contributed by atoms with Crippen LogP contribution in [0.25, 0.3) is 11.5 Å². The molecule has 0 radical (unpaired) electrons. The molecule has 2 aromatic heterocycles. The molecule has 0 atom stereocenters. The summed E-state index contributed by atoms with van der Waals surface area (Å²) in [4.78, 5) is 20.9. The van der Waals surface area contributed by atoms with Gasteiger partial charge in [0.15, 0.2) is 23.9 Å². The molecule has 3 aromatic rings. The Balaban J connectivity index is 1.29. The summed E-state index contributed by atoms with van der Waals surface area (Å²) in [7, 11) is 0. The number of nitrogens with zero attached hydrogens (tertiary/aromatic N) is 3. The third-order valence-electron chi connectivity index (χ3n) is 4.70. The lowest BCUT2D eigenvalue weighted by Gasteiger charge is -2.18. The van der Waals surface area contributed by atoms with Gasteiger partial charge in [0.2, 0.25) is 0 Å². The first-order chi connectivity index (χ1) is 14.0. The standard InChI is InChI=1S/C22H24N4O3/c1-22(2)14-16-6-5-8-18(20(16)29-22)28-15-19(27)24-10-12-26-13-11-25-21(26)17-7-3-4-9-23-17/h3-9,11,13H,10,12,14-15H2,1-2H3,(H,24,27). The fourth-order valence-electron chi connectivity index (χ4n) is 3.43. The molecular formula is C22H24N4O3. The zero-order valence-corrected chi connectivity index (χ0v) is 16.6.